The molecule has 2 amide bonds. The average Bonchev–Trinajstić information content (AvgIpc) is 3.44. The van der Waals surface area contributed by atoms with Gasteiger partial charge in [0.1, 0.15) is 18.4 Å². The second-order valence-corrected chi connectivity index (χ2v) is 12.5. The molecule has 1 N–H and O–H groups in total. The van der Waals surface area contributed by atoms with Gasteiger partial charge in [0.05, 0.1) is 10.6 Å². The van der Waals surface area contributed by atoms with Gasteiger partial charge in [0, 0.05) is 22.6 Å². The van der Waals surface area contributed by atoms with Gasteiger partial charge in [-0.2, -0.15) is 0 Å². The molecule has 0 aliphatic heterocycles. The fraction of sp³-hybridized carbons (Fsp3) is 0.310. The van der Waals surface area contributed by atoms with Gasteiger partial charge >= 0.3 is 0 Å². The summed E-state index contributed by atoms with van der Waals surface area (Å²) < 4.78 is 42.1. The van der Waals surface area contributed by atoms with Crippen LogP contribution in [0.15, 0.2) is 77.7 Å². The number of nitrogens with zero attached hydrogens (tertiary/aromatic N) is 2. The van der Waals surface area contributed by atoms with Crippen molar-refractivity contribution in [3.63, 3.8) is 0 Å². The van der Waals surface area contributed by atoms with Crippen molar-refractivity contribution in [3.8, 4) is 0 Å². The number of carbonyl (C=O) groups excluding carboxylic acids is 2. The zero-order valence-corrected chi connectivity index (χ0v) is 24.2. The predicted molar refractivity (Wildman–Crippen MR) is 154 cm³/mol. The average molecular weight is 607 g/mol. The standard InChI is InChI=1S/C29H30Cl2FN3O4S/c1-20(29(37)33-25-6-2-3-7-25)34(18-21-9-13-24(32)14-10-21)28(36)19-35(26-8-4-5-23(31)17-26)40(38,39)27-15-11-22(30)12-16-27/h4-5,8-17,20,25H,2-3,6-7,18-19H2,1H3,(H,33,37)/t20-/m0/s1. The van der Waals surface area contributed by atoms with E-state index in [2.05, 4.69) is 5.32 Å². The Bertz CT molecular complexity index is 1450. The Hall–Kier alpha value is -3.14. The van der Waals surface area contributed by atoms with Gasteiger partial charge in [-0.05, 0) is 79.9 Å². The molecule has 1 fully saturated rings. The number of hydrogen-bond donors (Lipinski definition) is 1. The van der Waals surface area contributed by atoms with E-state index < -0.39 is 34.3 Å². The summed E-state index contributed by atoms with van der Waals surface area (Å²) in [7, 11) is -4.24. The smallest absolute Gasteiger partial charge is 0.264 e. The second kappa shape index (κ2) is 13.0. The number of rotatable bonds is 10. The lowest BCUT2D eigenvalue weighted by Gasteiger charge is -2.32. The number of halogens is 3. The van der Waals surface area contributed by atoms with E-state index in [9.17, 15) is 22.4 Å². The molecule has 1 atom stereocenters. The van der Waals surface area contributed by atoms with Crippen molar-refractivity contribution < 1.29 is 22.4 Å². The van der Waals surface area contributed by atoms with Crippen LogP contribution < -0.4 is 9.62 Å². The van der Waals surface area contributed by atoms with Crippen molar-refractivity contribution in [2.45, 2.75) is 56.1 Å². The fourth-order valence-electron chi connectivity index (χ4n) is 4.65. The molecule has 0 saturated heterocycles. The molecular weight excluding hydrogens is 576 g/mol. The number of sulfonamides is 1. The maximum atomic E-state index is 13.9. The number of carbonyl (C=O) groups is 2. The Morgan fingerprint density at radius 2 is 1.62 bits per heavy atom. The van der Waals surface area contributed by atoms with Crippen LogP contribution in [0.4, 0.5) is 10.1 Å². The highest BCUT2D eigenvalue weighted by Crippen LogP contribution is 2.28. The van der Waals surface area contributed by atoms with E-state index in [-0.39, 0.29) is 34.1 Å². The van der Waals surface area contributed by atoms with Crippen LogP contribution >= 0.6 is 23.2 Å². The van der Waals surface area contributed by atoms with Gasteiger partial charge in [0.2, 0.25) is 11.8 Å². The van der Waals surface area contributed by atoms with Gasteiger partial charge in [-0.1, -0.05) is 54.2 Å². The molecule has 1 aliphatic rings. The number of benzene rings is 3. The summed E-state index contributed by atoms with van der Waals surface area (Å²) in [5, 5.41) is 3.65. The molecular formula is C29H30Cl2FN3O4S. The Morgan fingerprint density at radius 3 is 2.25 bits per heavy atom. The summed E-state index contributed by atoms with van der Waals surface area (Å²) in [6.45, 7) is 0.972. The minimum atomic E-state index is -4.24. The van der Waals surface area contributed by atoms with Gasteiger partial charge in [-0.15, -0.1) is 0 Å². The molecule has 0 heterocycles. The van der Waals surface area contributed by atoms with E-state index in [1.165, 1.54) is 65.6 Å². The van der Waals surface area contributed by atoms with Crippen molar-refractivity contribution in [1.82, 2.24) is 10.2 Å². The molecule has 0 spiro atoms. The highest BCUT2D eigenvalue weighted by molar-refractivity contribution is 7.92. The SMILES string of the molecule is C[C@@H](C(=O)NC1CCCC1)N(Cc1ccc(F)cc1)C(=O)CN(c1cccc(Cl)c1)S(=O)(=O)c1ccc(Cl)cc1. The lowest BCUT2D eigenvalue weighted by molar-refractivity contribution is -0.139. The topological polar surface area (TPSA) is 86.8 Å². The van der Waals surface area contributed by atoms with Crippen molar-refractivity contribution in [3.05, 3.63) is 94.2 Å². The lowest BCUT2D eigenvalue weighted by Crippen LogP contribution is -2.52. The van der Waals surface area contributed by atoms with E-state index in [4.69, 9.17) is 23.2 Å². The molecule has 7 nitrogen and oxygen atoms in total. The van der Waals surface area contributed by atoms with Crippen molar-refractivity contribution in [2.75, 3.05) is 10.8 Å². The number of amides is 2. The highest BCUT2D eigenvalue weighted by atomic mass is 35.5. The number of hydrogen-bond acceptors (Lipinski definition) is 4. The first-order valence-corrected chi connectivity index (χ1v) is 15.1. The van der Waals surface area contributed by atoms with Gasteiger partial charge in [-0.25, -0.2) is 12.8 Å². The number of anilines is 1. The summed E-state index contributed by atoms with van der Waals surface area (Å²) >= 11 is 12.1. The molecule has 0 unspecified atom stereocenters. The summed E-state index contributed by atoms with van der Waals surface area (Å²) in [6.07, 6.45) is 3.78. The van der Waals surface area contributed by atoms with E-state index >= 15 is 0 Å². The Balaban J connectivity index is 1.68. The van der Waals surface area contributed by atoms with Crippen LogP contribution in [0.25, 0.3) is 0 Å². The monoisotopic (exact) mass is 605 g/mol. The van der Waals surface area contributed by atoms with Gasteiger partial charge in [0.25, 0.3) is 10.0 Å². The molecule has 1 saturated carbocycles. The quantitative estimate of drug-likeness (QED) is 0.316. The molecule has 3 aromatic rings. The molecule has 0 bridgehead atoms. The molecule has 3 aromatic carbocycles. The first kappa shape index (κ1) is 29.8. The molecule has 4 rings (SSSR count). The maximum absolute atomic E-state index is 13.9. The minimum absolute atomic E-state index is 0.0251. The lowest BCUT2D eigenvalue weighted by atomic mass is 10.1. The molecule has 40 heavy (non-hydrogen) atoms. The predicted octanol–water partition coefficient (Wildman–Crippen LogP) is 5.80. The van der Waals surface area contributed by atoms with Crippen LogP contribution in [-0.4, -0.2) is 43.8 Å². The number of nitrogens with one attached hydrogen (secondary N) is 1. The largest absolute Gasteiger partial charge is 0.352 e. The minimum Gasteiger partial charge on any atom is -0.352 e. The highest BCUT2D eigenvalue weighted by Gasteiger charge is 2.33. The van der Waals surface area contributed by atoms with Gasteiger partial charge in [-0.3, -0.25) is 13.9 Å². The molecule has 1 aliphatic carbocycles. The van der Waals surface area contributed by atoms with E-state index in [0.717, 1.165) is 30.0 Å². The normalized spacial score (nSPS) is 14.5. The summed E-state index contributed by atoms with van der Waals surface area (Å²) in [6, 6.07) is 16.5. The maximum Gasteiger partial charge on any atom is 0.264 e. The van der Waals surface area contributed by atoms with Crippen molar-refractivity contribution >= 4 is 50.7 Å². The van der Waals surface area contributed by atoms with Crippen LogP contribution in [0.2, 0.25) is 10.0 Å². The Labute approximate surface area is 243 Å². The first-order valence-electron chi connectivity index (χ1n) is 12.9. The Kier molecular flexibility index (Phi) is 9.71. The van der Waals surface area contributed by atoms with Gasteiger partial charge < -0.3 is 10.2 Å². The molecule has 0 radical (unpaired) electrons. The fourth-order valence-corrected chi connectivity index (χ4v) is 6.37. The van der Waals surface area contributed by atoms with Crippen LogP contribution in [0.3, 0.4) is 0 Å². The van der Waals surface area contributed by atoms with E-state index in [0.29, 0.717) is 10.6 Å². The van der Waals surface area contributed by atoms with Crippen LogP contribution in [0, 0.1) is 5.82 Å². The second-order valence-electron chi connectivity index (χ2n) is 9.76. The molecule has 11 heteroatoms. The first-order chi connectivity index (χ1) is 19.0. The molecule has 212 valence electrons. The summed E-state index contributed by atoms with van der Waals surface area (Å²) in [5.74, 6) is -1.39. The third-order valence-electron chi connectivity index (χ3n) is 6.91. The van der Waals surface area contributed by atoms with Crippen LogP contribution in [0.5, 0.6) is 0 Å². The zero-order chi connectivity index (χ0) is 28.9. The van der Waals surface area contributed by atoms with Crippen LogP contribution in [-0.2, 0) is 26.2 Å². The zero-order valence-electron chi connectivity index (χ0n) is 21.9. The third kappa shape index (κ3) is 7.33. The Morgan fingerprint density at radius 1 is 0.975 bits per heavy atom. The third-order valence-corrected chi connectivity index (χ3v) is 9.19. The van der Waals surface area contributed by atoms with E-state index in [1.54, 1.807) is 19.1 Å². The van der Waals surface area contributed by atoms with E-state index in [1.807, 2.05) is 0 Å². The summed E-state index contributed by atoms with van der Waals surface area (Å²) in [4.78, 5) is 28.4. The molecule has 0 aromatic heterocycles. The van der Waals surface area contributed by atoms with Gasteiger partial charge in [0.15, 0.2) is 0 Å². The van der Waals surface area contributed by atoms with Crippen molar-refractivity contribution in [2.24, 2.45) is 0 Å². The van der Waals surface area contributed by atoms with Crippen LogP contribution in [0.1, 0.15) is 38.2 Å². The summed E-state index contributed by atoms with van der Waals surface area (Å²) in [5.41, 5.74) is 0.769. The van der Waals surface area contributed by atoms with Crippen molar-refractivity contribution in [1.29, 1.82) is 0 Å².